The van der Waals surface area contributed by atoms with E-state index in [4.69, 9.17) is 0 Å². The third kappa shape index (κ3) is 2.91. The molecule has 0 aromatic rings. The van der Waals surface area contributed by atoms with Crippen LogP contribution in [0.5, 0.6) is 0 Å². The van der Waals surface area contributed by atoms with Crippen LogP contribution >= 0.6 is 0 Å². The van der Waals surface area contributed by atoms with Gasteiger partial charge in [0.1, 0.15) is 0 Å². The Morgan fingerprint density at radius 3 is 1.89 bits per heavy atom. The average Bonchev–Trinajstić information content (AvgIpc) is 3.31. The van der Waals surface area contributed by atoms with Gasteiger partial charge in [-0.3, -0.25) is 9.59 Å². The largest absolute Gasteiger partial charge is 0.339 e. The van der Waals surface area contributed by atoms with E-state index in [0.29, 0.717) is 24.9 Å². The van der Waals surface area contributed by atoms with Crippen LogP contribution in [0.1, 0.15) is 25.7 Å². The van der Waals surface area contributed by atoms with Gasteiger partial charge >= 0.3 is 0 Å². The Kier molecular flexibility index (Phi) is 3.73. The molecular formula is C14H23N3O2. The highest BCUT2D eigenvalue weighted by Gasteiger charge is 2.36. The number of hydrogen-bond donors (Lipinski definition) is 1. The summed E-state index contributed by atoms with van der Waals surface area (Å²) < 4.78 is 0. The van der Waals surface area contributed by atoms with Crippen LogP contribution in [0.25, 0.3) is 0 Å². The number of rotatable bonds is 2. The Labute approximate surface area is 114 Å². The van der Waals surface area contributed by atoms with Crippen molar-refractivity contribution in [3.63, 3.8) is 0 Å². The predicted molar refractivity (Wildman–Crippen MR) is 71.5 cm³/mol. The maximum Gasteiger partial charge on any atom is 0.227 e. The van der Waals surface area contributed by atoms with Gasteiger partial charge < -0.3 is 15.1 Å². The summed E-state index contributed by atoms with van der Waals surface area (Å²) in [5.74, 6) is 1.04. The molecule has 106 valence electrons. The van der Waals surface area contributed by atoms with Crippen LogP contribution < -0.4 is 5.32 Å². The molecule has 5 nitrogen and oxygen atoms in total. The number of hydrogen-bond acceptors (Lipinski definition) is 3. The molecule has 0 aromatic carbocycles. The van der Waals surface area contributed by atoms with Crippen molar-refractivity contribution in [1.29, 1.82) is 0 Å². The molecule has 0 spiro atoms. The Bertz CT molecular complexity index is 354. The minimum atomic E-state index is 0.152. The van der Waals surface area contributed by atoms with E-state index >= 15 is 0 Å². The molecule has 5 heteroatoms. The van der Waals surface area contributed by atoms with Gasteiger partial charge in [0.25, 0.3) is 0 Å². The molecule has 2 amide bonds. The highest BCUT2D eigenvalue weighted by molar-refractivity contribution is 5.82. The summed E-state index contributed by atoms with van der Waals surface area (Å²) in [6.45, 7) is 4.73. The molecule has 1 aliphatic carbocycles. The van der Waals surface area contributed by atoms with Gasteiger partial charge in [-0.1, -0.05) is 0 Å². The van der Waals surface area contributed by atoms with E-state index in [0.717, 1.165) is 51.9 Å². The van der Waals surface area contributed by atoms with Crippen LogP contribution in [0.3, 0.4) is 0 Å². The van der Waals surface area contributed by atoms with E-state index in [1.807, 2.05) is 9.80 Å². The van der Waals surface area contributed by atoms with E-state index in [1.165, 1.54) is 0 Å². The number of carbonyl (C=O) groups is 2. The highest BCUT2D eigenvalue weighted by atomic mass is 16.2. The van der Waals surface area contributed by atoms with E-state index in [2.05, 4.69) is 5.32 Å². The molecule has 1 N–H and O–H groups in total. The predicted octanol–water partition coefficient (Wildman–Crippen LogP) is 0.0668. The summed E-state index contributed by atoms with van der Waals surface area (Å²) in [4.78, 5) is 28.2. The van der Waals surface area contributed by atoms with Crippen LogP contribution in [0.15, 0.2) is 0 Å². The van der Waals surface area contributed by atoms with Crippen molar-refractivity contribution in [3.8, 4) is 0 Å². The zero-order valence-electron chi connectivity index (χ0n) is 11.4. The van der Waals surface area contributed by atoms with Gasteiger partial charge in [0.05, 0.1) is 5.92 Å². The minimum absolute atomic E-state index is 0.152. The van der Waals surface area contributed by atoms with E-state index in [-0.39, 0.29) is 11.8 Å². The molecule has 3 fully saturated rings. The first-order valence-corrected chi connectivity index (χ1v) is 7.54. The summed E-state index contributed by atoms with van der Waals surface area (Å²) in [6, 6.07) is 0. The van der Waals surface area contributed by atoms with E-state index in [9.17, 15) is 9.59 Å². The Hall–Kier alpha value is -1.10. The molecule has 1 atom stereocenters. The van der Waals surface area contributed by atoms with Gasteiger partial charge in [-0.05, 0) is 32.2 Å². The van der Waals surface area contributed by atoms with Crippen molar-refractivity contribution in [2.24, 2.45) is 11.8 Å². The summed E-state index contributed by atoms with van der Waals surface area (Å²) in [5.41, 5.74) is 0. The second-order valence-electron chi connectivity index (χ2n) is 5.97. The lowest BCUT2D eigenvalue weighted by atomic mass is 9.98. The van der Waals surface area contributed by atoms with Crippen molar-refractivity contribution in [1.82, 2.24) is 15.1 Å². The fourth-order valence-corrected chi connectivity index (χ4v) is 3.06. The fraction of sp³-hybridized carbons (Fsp3) is 0.857. The number of piperazine rings is 1. The van der Waals surface area contributed by atoms with Crippen molar-refractivity contribution in [2.45, 2.75) is 25.7 Å². The van der Waals surface area contributed by atoms with Crippen molar-refractivity contribution < 1.29 is 9.59 Å². The van der Waals surface area contributed by atoms with Gasteiger partial charge in [0, 0.05) is 38.6 Å². The summed E-state index contributed by atoms with van der Waals surface area (Å²) in [6.07, 6.45) is 4.22. The van der Waals surface area contributed by atoms with Gasteiger partial charge in [-0.25, -0.2) is 0 Å². The van der Waals surface area contributed by atoms with Crippen molar-refractivity contribution >= 4 is 11.8 Å². The molecule has 1 saturated carbocycles. The van der Waals surface area contributed by atoms with Crippen LogP contribution in [0.2, 0.25) is 0 Å². The van der Waals surface area contributed by atoms with Gasteiger partial charge in [-0.15, -0.1) is 0 Å². The maximum absolute atomic E-state index is 12.4. The van der Waals surface area contributed by atoms with Crippen LogP contribution in [-0.4, -0.2) is 60.9 Å². The number of carbonyl (C=O) groups excluding carboxylic acids is 2. The molecule has 2 heterocycles. The molecular weight excluding hydrogens is 242 g/mol. The quantitative estimate of drug-likeness (QED) is 0.768. The molecule has 2 aliphatic heterocycles. The molecule has 0 unspecified atom stereocenters. The lowest BCUT2D eigenvalue weighted by Gasteiger charge is -2.37. The molecule has 3 rings (SSSR count). The highest BCUT2D eigenvalue weighted by Crippen LogP contribution is 2.31. The van der Waals surface area contributed by atoms with Crippen molar-refractivity contribution in [2.75, 3.05) is 39.3 Å². The van der Waals surface area contributed by atoms with Gasteiger partial charge in [0.2, 0.25) is 11.8 Å². The number of amides is 2. The first-order valence-electron chi connectivity index (χ1n) is 7.54. The standard InChI is InChI=1S/C14H23N3O2/c18-13(11-3-4-11)16-6-8-17(9-7-16)14(19)12-2-1-5-15-10-12/h11-12,15H,1-10H2/t12-/m1/s1. The lowest BCUT2D eigenvalue weighted by molar-refractivity contribution is -0.143. The number of nitrogens with zero attached hydrogens (tertiary/aromatic N) is 2. The first-order chi connectivity index (χ1) is 9.25. The summed E-state index contributed by atoms with van der Waals surface area (Å²) >= 11 is 0. The molecule has 19 heavy (non-hydrogen) atoms. The Morgan fingerprint density at radius 1 is 0.842 bits per heavy atom. The van der Waals surface area contributed by atoms with Crippen LogP contribution in [0, 0.1) is 11.8 Å². The second kappa shape index (κ2) is 5.49. The summed E-state index contributed by atoms with van der Waals surface area (Å²) in [7, 11) is 0. The molecule has 0 radical (unpaired) electrons. The number of nitrogens with one attached hydrogen (secondary N) is 1. The number of piperidine rings is 1. The minimum Gasteiger partial charge on any atom is -0.339 e. The topological polar surface area (TPSA) is 52.7 Å². The Morgan fingerprint density at radius 2 is 1.42 bits per heavy atom. The van der Waals surface area contributed by atoms with Crippen LogP contribution in [-0.2, 0) is 9.59 Å². The van der Waals surface area contributed by atoms with Gasteiger partial charge in [0.15, 0.2) is 0 Å². The zero-order chi connectivity index (χ0) is 13.2. The molecule has 3 aliphatic rings. The molecule has 0 bridgehead atoms. The maximum atomic E-state index is 12.4. The Balaban J connectivity index is 1.48. The lowest BCUT2D eigenvalue weighted by Crippen LogP contribution is -2.53. The third-order valence-corrected chi connectivity index (χ3v) is 4.48. The smallest absolute Gasteiger partial charge is 0.227 e. The first kappa shape index (κ1) is 12.9. The average molecular weight is 265 g/mol. The van der Waals surface area contributed by atoms with Crippen molar-refractivity contribution in [3.05, 3.63) is 0 Å². The monoisotopic (exact) mass is 265 g/mol. The molecule has 2 saturated heterocycles. The summed E-state index contributed by atoms with van der Waals surface area (Å²) in [5, 5.41) is 3.29. The third-order valence-electron chi connectivity index (χ3n) is 4.48. The van der Waals surface area contributed by atoms with Crippen LogP contribution in [0.4, 0.5) is 0 Å². The van der Waals surface area contributed by atoms with E-state index in [1.54, 1.807) is 0 Å². The van der Waals surface area contributed by atoms with Gasteiger partial charge in [-0.2, -0.15) is 0 Å². The molecule has 0 aromatic heterocycles. The fourth-order valence-electron chi connectivity index (χ4n) is 3.06. The van der Waals surface area contributed by atoms with E-state index < -0.39 is 0 Å². The SMILES string of the molecule is O=C(C1CC1)N1CCN(C(=O)[C@@H]2CCCNC2)CC1. The zero-order valence-corrected chi connectivity index (χ0v) is 11.4. The normalized spacial score (nSPS) is 28.3. The second-order valence-corrected chi connectivity index (χ2v) is 5.97.